The van der Waals surface area contributed by atoms with Gasteiger partial charge in [0.05, 0.1) is 36.6 Å². The lowest BCUT2D eigenvalue weighted by Gasteiger charge is -2.22. The maximum atomic E-state index is 12.3. The van der Waals surface area contributed by atoms with E-state index in [4.69, 9.17) is 31.0 Å². The third-order valence-corrected chi connectivity index (χ3v) is 6.92. The second-order valence-corrected chi connectivity index (χ2v) is 9.40. The van der Waals surface area contributed by atoms with Crippen LogP contribution in [0, 0.1) is 5.92 Å². The van der Waals surface area contributed by atoms with E-state index < -0.39 is 10.0 Å². The predicted molar refractivity (Wildman–Crippen MR) is 113 cm³/mol. The second-order valence-electron chi connectivity index (χ2n) is 6.77. The highest BCUT2D eigenvalue weighted by atomic mass is 35.5. The molecule has 0 bridgehead atoms. The zero-order valence-electron chi connectivity index (χ0n) is 17.1. The first-order valence-electron chi connectivity index (χ1n) is 9.26. The summed E-state index contributed by atoms with van der Waals surface area (Å²) in [6, 6.07) is 5.42. The number of nitrogens with zero attached hydrogens (tertiary/aromatic N) is 3. The van der Waals surface area contributed by atoms with Gasteiger partial charge in [-0.15, -0.1) is 0 Å². The Kier molecular flexibility index (Phi) is 8.65. The molecule has 1 fully saturated rings. The SMILES string of the molecule is CCOc1ccc(-c2nccn2[C@@H]2COC[C@@H]2CS(=O)(=O)N(C)C)cc1Cl.O=CO. The van der Waals surface area contributed by atoms with Crippen LogP contribution in [0.2, 0.25) is 5.02 Å². The van der Waals surface area contributed by atoms with Crippen LogP contribution < -0.4 is 4.74 Å². The maximum Gasteiger partial charge on any atom is 0.290 e. The van der Waals surface area contributed by atoms with Gasteiger partial charge in [-0.05, 0) is 25.1 Å². The van der Waals surface area contributed by atoms with Gasteiger partial charge in [0, 0.05) is 38.0 Å². The van der Waals surface area contributed by atoms with Crippen molar-refractivity contribution in [2.24, 2.45) is 5.92 Å². The molecule has 0 aliphatic carbocycles. The van der Waals surface area contributed by atoms with Crippen molar-refractivity contribution in [3.8, 4) is 17.1 Å². The zero-order chi connectivity index (χ0) is 22.3. The summed E-state index contributed by atoms with van der Waals surface area (Å²) in [5, 5.41) is 7.40. The Labute approximate surface area is 181 Å². The Bertz CT molecular complexity index is 947. The summed E-state index contributed by atoms with van der Waals surface area (Å²) in [6.45, 7) is 3.04. The molecule has 30 heavy (non-hydrogen) atoms. The van der Waals surface area contributed by atoms with Gasteiger partial charge >= 0.3 is 0 Å². The number of hydrogen-bond acceptors (Lipinski definition) is 6. The summed E-state index contributed by atoms with van der Waals surface area (Å²) in [5.41, 5.74) is 0.842. The molecule has 1 aliphatic rings. The van der Waals surface area contributed by atoms with E-state index in [1.807, 2.05) is 35.9 Å². The van der Waals surface area contributed by atoms with E-state index in [1.165, 1.54) is 4.31 Å². The highest BCUT2D eigenvalue weighted by Crippen LogP contribution is 2.34. The molecular formula is C19H26ClN3O6S. The lowest BCUT2D eigenvalue weighted by Crippen LogP contribution is -2.32. The molecule has 0 amide bonds. The average molecular weight is 460 g/mol. The van der Waals surface area contributed by atoms with Crippen molar-refractivity contribution in [1.82, 2.24) is 13.9 Å². The Morgan fingerprint density at radius 3 is 2.70 bits per heavy atom. The van der Waals surface area contributed by atoms with Crippen molar-refractivity contribution < 1.29 is 27.8 Å². The smallest absolute Gasteiger partial charge is 0.290 e. The monoisotopic (exact) mass is 459 g/mol. The number of imidazole rings is 1. The number of carboxylic acid groups (broad SMARTS) is 1. The molecule has 1 aromatic carbocycles. The first-order valence-corrected chi connectivity index (χ1v) is 11.2. The average Bonchev–Trinajstić information content (AvgIpc) is 3.32. The van der Waals surface area contributed by atoms with Crippen LogP contribution >= 0.6 is 11.6 Å². The summed E-state index contributed by atoms with van der Waals surface area (Å²) in [6.07, 6.45) is 3.56. The fraction of sp³-hybridized carbons (Fsp3) is 0.474. The van der Waals surface area contributed by atoms with Crippen LogP contribution in [0.15, 0.2) is 30.6 Å². The van der Waals surface area contributed by atoms with Crippen LogP contribution in [0.25, 0.3) is 11.4 Å². The van der Waals surface area contributed by atoms with Crippen molar-refractivity contribution >= 4 is 28.1 Å². The third kappa shape index (κ3) is 5.72. The molecule has 3 rings (SSSR count). The number of carbonyl (C=O) groups is 1. The quantitative estimate of drug-likeness (QED) is 0.632. The van der Waals surface area contributed by atoms with Gasteiger partial charge < -0.3 is 19.1 Å². The first-order chi connectivity index (χ1) is 14.2. The lowest BCUT2D eigenvalue weighted by atomic mass is 10.1. The highest BCUT2D eigenvalue weighted by molar-refractivity contribution is 7.89. The van der Waals surface area contributed by atoms with E-state index >= 15 is 0 Å². The molecule has 2 heterocycles. The molecule has 0 saturated carbocycles. The van der Waals surface area contributed by atoms with Gasteiger partial charge in [-0.1, -0.05) is 11.6 Å². The molecule has 166 valence electrons. The number of aromatic nitrogens is 2. The molecule has 0 spiro atoms. The van der Waals surface area contributed by atoms with Crippen molar-refractivity contribution in [3.05, 3.63) is 35.6 Å². The lowest BCUT2D eigenvalue weighted by molar-refractivity contribution is -0.122. The van der Waals surface area contributed by atoms with Gasteiger partial charge in [0.25, 0.3) is 6.47 Å². The van der Waals surface area contributed by atoms with E-state index in [2.05, 4.69) is 4.98 Å². The van der Waals surface area contributed by atoms with E-state index in [1.54, 1.807) is 20.3 Å². The third-order valence-electron chi connectivity index (χ3n) is 4.66. The summed E-state index contributed by atoms with van der Waals surface area (Å²) in [7, 11) is -0.227. The summed E-state index contributed by atoms with van der Waals surface area (Å²) >= 11 is 6.32. The molecule has 9 nitrogen and oxygen atoms in total. The molecule has 1 N–H and O–H groups in total. The molecule has 2 atom stereocenters. The van der Waals surface area contributed by atoms with E-state index in [0.29, 0.717) is 30.6 Å². The van der Waals surface area contributed by atoms with Crippen molar-refractivity contribution in [2.45, 2.75) is 13.0 Å². The topological polar surface area (TPSA) is 111 Å². The Morgan fingerprint density at radius 1 is 1.40 bits per heavy atom. The summed E-state index contributed by atoms with van der Waals surface area (Å²) < 4.78 is 39.0. The molecule has 0 unspecified atom stereocenters. The van der Waals surface area contributed by atoms with Gasteiger partial charge in [-0.2, -0.15) is 0 Å². The zero-order valence-corrected chi connectivity index (χ0v) is 18.6. The largest absolute Gasteiger partial charge is 0.492 e. The number of hydrogen-bond donors (Lipinski definition) is 1. The number of rotatable bonds is 7. The van der Waals surface area contributed by atoms with E-state index in [0.717, 1.165) is 11.4 Å². The minimum Gasteiger partial charge on any atom is -0.492 e. The van der Waals surface area contributed by atoms with Crippen LogP contribution in [0.3, 0.4) is 0 Å². The number of sulfonamides is 1. The van der Waals surface area contributed by atoms with Gasteiger partial charge in [0.2, 0.25) is 10.0 Å². The Morgan fingerprint density at radius 2 is 2.10 bits per heavy atom. The van der Waals surface area contributed by atoms with Gasteiger partial charge in [0.15, 0.2) is 0 Å². The molecule has 2 aromatic rings. The minimum atomic E-state index is -3.32. The molecule has 1 aromatic heterocycles. The summed E-state index contributed by atoms with van der Waals surface area (Å²) in [4.78, 5) is 12.8. The molecule has 0 radical (unpaired) electrons. The highest BCUT2D eigenvalue weighted by Gasteiger charge is 2.35. The fourth-order valence-electron chi connectivity index (χ4n) is 3.19. The fourth-order valence-corrected chi connectivity index (χ4v) is 4.58. The maximum absolute atomic E-state index is 12.3. The molecule has 1 saturated heterocycles. The Balaban J connectivity index is 0.00000101. The molecule has 11 heteroatoms. The predicted octanol–water partition coefficient (Wildman–Crippen LogP) is 2.38. The van der Waals surface area contributed by atoms with Crippen LogP contribution in [0.4, 0.5) is 0 Å². The first kappa shape index (κ1) is 24.1. The molecular weight excluding hydrogens is 434 g/mol. The van der Waals surface area contributed by atoms with Gasteiger partial charge in [-0.3, -0.25) is 4.79 Å². The minimum absolute atomic E-state index is 0.0340. The van der Waals surface area contributed by atoms with E-state index in [9.17, 15) is 8.42 Å². The molecule has 1 aliphatic heterocycles. The number of halogens is 1. The van der Waals surface area contributed by atoms with Crippen LogP contribution in [-0.4, -0.2) is 73.5 Å². The van der Waals surface area contributed by atoms with Gasteiger partial charge in [0.1, 0.15) is 11.6 Å². The van der Waals surface area contributed by atoms with Crippen molar-refractivity contribution in [3.63, 3.8) is 0 Å². The van der Waals surface area contributed by atoms with Gasteiger partial charge in [-0.25, -0.2) is 17.7 Å². The second kappa shape index (κ2) is 10.8. The van der Waals surface area contributed by atoms with Crippen molar-refractivity contribution in [2.75, 3.05) is 39.7 Å². The van der Waals surface area contributed by atoms with Crippen LogP contribution in [-0.2, 0) is 19.6 Å². The normalized spacial score (nSPS) is 18.7. The number of benzene rings is 1. The van der Waals surface area contributed by atoms with Crippen molar-refractivity contribution in [1.29, 1.82) is 0 Å². The van der Waals surface area contributed by atoms with E-state index in [-0.39, 0.29) is 24.2 Å². The van der Waals surface area contributed by atoms with Crippen LogP contribution in [0.1, 0.15) is 13.0 Å². The van der Waals surface area contributed by atoms with Crippen LogP contribution in [0.5, 0.6) is 5.75 Å². The Hall–Kier alpha value is -2.14. The summed E-state index contributed by atoms with van der Waals surface area (Å²) in [5.74, 6) is 1.23. The number of ether oxygens (including phenoxy) is 2. The standard InChI is InChI=1S/C18H24ClN3O4S.CH2O2/c1-4-26-17-6-5-13(9-15(17)19)18-20-7-8-22(18)16-11-25-10-14(16)12-27(23,24)21(2)3;2-1-3/h5-9,14,16H,4,10-12H2,1-3H3;1H,(H,2,3)/t14-,16-;/m1./s1.